The van der Waals surface area contributed by atoms with E-state index in [9.17, 15) is 9.50 Å². The minimum atomic E-state index is -0.988. The van der Waals surface area contributed by atoms with E-state index in [-0.39, 0.29) is 5.82 Å². The molecule has 2 rings (SSSR count). The van der Waals surface area contributed by atoms with Crippen LogP contribution in [0.2, 0.25) is 0 Å². The summed E-state index contributed by atoms with van der Waals surface area (Å²) in [4.78, 5) is 0. The number of aromatic nitrogens is 2. The van der Waals surface area contributed by atoms with Gasteiger partial charge < -0.3 is 5.11 Å². The standard InChI is InChI=1S/C15H19FN2O/c1-5-11-8-13(18(4)17-11)15(19)14-10(3)6-9(2)7-12(14)16/h6-8,15,19H,5H2,1-4H3. The van der Waals surface area contributed by atoms with E-state index in [0.717, 1.165) is 23.2 Å². The van der Waals surface area contributed by atoms with Crippen molar-refractivity contribution in [1.29, 1.82) is 0 Å². The van der Waals surface area contributed by atoms with Gasteiger partial charge in [0.05, 0.1) is 11.4 Å². The van der Waals surface area contributed by atoms with Crippen LogP contribution in [0.5, 0.6) is 0 Å². The van der Waals surface area contributed by atoms with Crippen molar-refractivity contribution in [2.45, 2.75) is 33.3 Å². The highest BCUT2D eigenvalue weighted by atomic mass is 19.1. The van der Waals surface area contributed by atoms with Gasteiger partial charge in [-0.2, -0.15) is 5.10 Å². The lowest BCUT2D eigenvalue weighted by atomic mass is 9.98. The molecule has 0 bridgehead atoms. The molecule has 1 heterocycles. The molecule has 0 saturated carbocycles. The fraction of sp³-hybridized carbons (Fsp3) is 0.400. The first-order chi connectivity index (χ1) is 8.93. The molecule has 3 nitrogen and oxygen atoms in total. The molecule has 0 aliphatic carbocycles. The molecule has 0 aliphatic heterocycles. The quantitative estimate of drug-likeness (QED) is 0.923. The van der Waals surface area contributed by atoms with Crippen LogP contribution in [0.3, 0.4) is 0 Å². The number of halogens is 1. The number of aliphatic hydroxyl groups is 1. The van der Waals surface area contributed by atoms with E-state index in [4.69, 9.17) is 0 Å². The van der Waals surface area contributed by atoms with E-state index in [1.165, 1.54) is 6.07 Å². The van der Waals surface area contributed by atoms with Crippen LogP contribution in [0.15, 0.2) is 18.2 Å². The smallest absolute Gasteiger partial charge is 0.129 e. The number of aryl methyl sites for hydroxylation is 4. The number of hydrogen-bond acceptors (Lipinski definition) is 2. The zero-order valence-electron chi connectivity index (χ0n) is 11.7. The number of nitrogens with zero attached hydrogens (tertiary/aromatic N) is 2. The van der Waals surface area contributed by atoms with Gasteiger partial charge in [-0.05, 0) is 43.5 Å². The predicted molar refractivity (Wildman–Crippen MR) is 72.5 cm³/mol. The normalized spacial score (nSPS) is 12.7. The zero-order valence-corrected chi connectivity index (χ0v) is 11.7. The molecule has 1 atom stereocenters. The average molecular weight is 262 g/mol. The molecule has 1 N–H and O–H groups in total. The first-order valence-corrected chi connectivity index (χ1v) is 6.41. The number of aliphatic hydroxyl groups excluding tert-OH is 1. The maximum absolute atomic E-state index is 14.1. The second-order valence-corrected chi connectivity index (χ2v) is 4.92. The number of rotatable bonds is 3. The van der Waals surface area contributed by atoms with Crippen LogP contribution in [0.25, 0.3) is 0 Å². The third-order valence-electron chi connectivity index (χ3n) is 3.36. The first kappa shape index (κ1) is 13.7. The molecule has 0 radical (unpaired) electrons. The van der Waals surface area contributed by atoms with Crippen molar-refractivity contribution in [3.8, 4) is 0 Å². The average Bonchev–Trinajstić information content (AvgIpc) is 2.69. The Hall–Kier alpha value is -1.68. The molecule has 1 aromatic carbocycles. The molecule has 2 aromatic rings. The third kappa shape index (κ3) is 2.54. The van der Waals surface area contributed by atoms with Gasteiger partial charge in [0.2, 0.25) is 0 Å². The first-order valence-electron chi connectivity index (χ1n) is 6.41. The van der Waals surface area contributed by atoms with Crippen LogP contribution in [-0.2, 0) is 13.5 Å². The van der Waals surface area contributed by atoms with Gasteiger partial charge in [-0.25, -0.2) is 4.39 Å². The summed E-state index contributed by atoms with van der Waals surface area (Å²) in [5, 5.41) is 14.7. The lowest BCUT2D eigenvalue weighted by Gasteiger charge is -2.15. The molecule has 0 aliphatic rings. The summed E-state index contributed by atoms with van der Waals surface area (Å²) in [5.74, 6) is -0.371. The van der Waals surface area contributed by atoms with Gasteiger partial charge in [-0.15, -0.1) is 0 Å². The maximum Gasteiger partial charge on any atom is 0.129 e. The fourth-order valence-electron chi connectivity index (χ4n) is 2.39. The van der Waals surface area contributed by atoms with Gasteiger partial charge in [0.15, 0.2) is 0 Å². The van der Waals surface area contributed by atoms with Crippen LogP contribution in [0.4, 0.5) is 4.39 Å². The van der Waals surface area contributed by atoms with Crippen LogP contribution in [0.1, 0.15) is 41.1 Å². The van der Waals surface area contributed by atoms with E-state index in [1.54, 1.807) is 11.7 Å². The highest BCUT2D eigenvalue weighted by Crippen LogP contribution is 2.28. The van der Waals surface area contributed by atoms with Crippen molar-refractivity contribution >= 4 is 0 Å². The van der Waals surface area contributed by atoms with Crippen molar-refractivity contribution in [2.75, 3.05) is 0 Å². The Morgan fingerprint density at radius 3 is 2.53 bits per heavy atom. The Morgan fingerprint density at radius 1 is 1.32 bits per heavy atom. The summed E-state index contributed by atoms with van der Waals surface area (Å²) < 4.78 is 15.7. The molecule has 0 fully saturated rings. The van der Waals surface area contributed by atoms with E-state index in [2.05, 4.69) is 5.10 Å². The summed E-state index contributed by atoms with van der Waals surface area (Å²) in [6.07, 6.45) is -0.200. The molecule has 0 saturated heterocycles. The summed E-state index contributed by atoms with van der Waals surface area (Å²) in [6.45, 7) is 5.65. The summed E-state index contributed by atoms with van der Waals surface area (Å²) >= 11 is 0. The van der Waals surface area contributed by atoms with Crippen molar-refractivity contribution in [3.05, 3.63) is 52.1 Å². The van der Waals surface area contributed by atoms with Gasteiger partial charge in [0.25, 0.3) is 0 Å². The SMILES string of the molecule is CCc1cc(C(O)c2c(C)cc(C)cc2F)n(C)n1. The Labute approximate surface area is 112 Å². The Morgan fingerprint density at radius 2 is 2.00 bits per heavy atom. The van der Waals surface area contributed by atoms with Crippen LogP contribution in [0, 0.1) is 19.7 Å². The molecule has 102 valence electrons. The monoisotopic (exact) mass is 262 g/mol. The van der Waals surface area contributed by atoms with Gasteiger partial charge in [-0.1, -0.05) is 13.0 Å². The van der Waals surface area contributed by atoms with Crippen molar-refractivity contribution in [3.63, 3.8) is 0 Å². The lowest BCUT2D eigenvalue weighted by Crippen LogP contribution is -2.10. The maximum atomic E-state index is 14.1. The van der Waals surface area contributed by atoms with E-state index < -0.39 is 6.10 Å². The minimum absolute atomic E-state index is 0.330. The predicted octanol–water partition coefficient (Wildman–Crippen LogP) is 2.82. The molecule has 0 spiro atoms. The summed E-state index contributed by atoms with van der Waals surface area (Å²) in [7, 11) is 1.76. The largest absolute Gasteiger partial charge is 0.382 e. The number of hydrogen-bond donors (Lipinski definition) is 1. The molecular weight excluding hydrogens is 243 g/mol. The molecule has 1 unspecified atom stereocenters. The van der Waals surface area contributed by atoms with E-state index >= 15 is 0 Å². The number of benzene rings is 1. The highest BCUT2D eigenvalue weighted by molar-refractivity contribution is 5.37. The van der Waals surface area contributed by atoms with E-state index in [1.807, 2.05) is 32.9 Å². The molecule has 19 heavy (non-hydrogen) atoms. The van der Waals surface area contributed by atoms with Crippen molar-refractivity contribution in [1.82, 2.24) is 9.78 Å². The van der Waals surface area contributed by atoms with Crippen LogP contribution < -0.4 is 0 Å². The van der Waals surface area contributed by atoms with E-state index in [0.29, 0.717) is 11.3 Å². The van der Waals surface area contributed by atoms with Crippen molar-refractivity contribution < 1.29 is 9.50 Å². The summed E-state index contributed by atoms with van der Waals surface area (Å²) in [6, 6.07) is 5.14. The van der Waals surface area contributed by atoms with Crippen LogP contribution in [-0.4, -0.2) is 14.9 Å². The second-order valence-electron chi connectivity index (χ2n) is 4.92. The fourth-order valence-corrected chi connectivity index (χ4v) is 2.39. The molecular formula is C15H19FN2O. The highest BCUT2D eigenvalue weighted by Gasteiger charge is 2.21. The van der Waals surface area contributed by atoms with Gasteiger partial charge in [0.1, 0.15) is 11.9 Å². The van der Waals surface area contributed by atoms with Gasteiger partial charge >= 0.3 is 0 Å². The van der Waals surface area contributed by atoms with Crippen molar-refractivity contribution in [2.24, 2.45) is 7.05 Å². The third-order valence-corrected chi connectivity index (χ3v) is 3.36. The lowest BCUT2D eigenvalue weighted by molar-refractivity contribution is 0.204. The second kappa shape index (κ2) is 5.13. The molecule has 4 heteroatoms. The van der Waals surface area contributed by atoms with Gasteiger partial charge in [0, 0.05) is 12.6 Å². The Bertz CT molecular complexity index is 581. The Kier molecular flexibility index (Phi) is 3.71. The zero-order chi connectivity index (χ0) is 14.2. The minimum Gasteiger partial charge on any atom is -0.382 e. The van der Waals surface area contributed by atoms with Gasteiger partial charge in [-0.3, -0.25) is 4.68 Å². The summed E-state index contributed by atoms with van der Waals surface area (Å²) in [5.41, 5.74) is 3.44. The van der Waals surface area contributed by atoms with Crippen LogP contribution >= 0.6 is 0 Å². The topological polar surface area (TPSA) is 38.0 Å². The Balaban J connectivity index is 2.49. The molecule has 0 amide bonds. The molecule has 1 aromatic heterocycles.